The summed E-state index contributed by atoms with van der Waals surface area (Å²) < 4.78 is 23.2. The van der Waals surface area contributed by atoms with Crippen LogP contribution in [-0.2, 0) is 11.4 Å². The lowest BCUT2D eigenvalue weighted by Crippen LogP contribution is -2.06. The van der Waals surface area contributed by atoms with Crippen LogP contribution >= 0.6 is 0 Å². The van der Waals surface area contributed by atoms with E-state index in [9.17, 15) is 14.4 Å². The van der Waals surface area contributed by atoms with Crippen LogP contribution < -0.4 is 8.37 Å². The van der Waals surface area contributed by atoms with Crippen molar-refractivity contribution in [2.24, 2.45) is 0 Å². The first-order valence-electron chi connectivity index (χ1n) is 7.90. The third-order valence-electron chi connectivity index (χ3n) is 4.50. The Hall–Kier alpha value is -3.25. The molecule has 5 nitrogen and oxygen atoms in total. The smallest absolute Gasteiger partial charge is 0.417 e. The number of fused-ring (bicyclic) bond motifs is 7. The van der Waals surface area contributed by atoms with Crippen LogP contribution in [0.2, 0.25) is 0 Å². The molecule has 4 aromatic rings. The van der Waals surface area contributed by atoms with Crippen LogP contribution in [0.25, 0.3) is 32.7 Å². The van der Waals surface area contributed by atoms with E-state index in [1.807, 2.05) is 0 Å². The zero-order valence-corrected chi connectivity index (χ0v) is 14.1. The van der Waals surface area contributed by atoms with Crippen LogP contribution in [-0.4, -0.2) is 14.4 Å². The van der Waals surface area contributed by atoms with Gasteiger partial charge in [-0.25, -0.2) is 0 Å². The molecule has 0 amide bonds. The zero-order valence-electron chi connectivity index (χ0n) is 13.3. The Morgan fingerprint density at radius 3 is 1.58 bits per heavy atom. The molecule has 6 heteroatoms. The molecular weight excluding hydrogens is 352 g/mol. The molecule has 1 aliphatic rings. The molecule has 0 atom stereocenters. The summed E-state index contributed by atoms with van der Waals surface area (Å²) >= 11 is -1.97. The van der Waals surface area contributed by atoms with Crippen molar-refractivity contribution in [1.29, 1.82) is 0 Å². The summed E-state index contributed by atoms with van der Waals surface area (Å²) in [5.74, 6) is 1.19. The molecule has 0 radical (unpaired) electrons. The van der Waals surface area contributed by atoms with Crippen molar-refractivity contribution >= 4 is 32.9 Å². The highest BCUT2D eigenvalue weighted by Crippen LogP contribution is 2.48. The van der Waals surface area contributed by atoms with Crippen molar-refractivity contribution in [3.63, 3.8) is 0 Å². The van der Waals surface area contributed by atoms with E-state index < -0.39 is 11.4 Å². The maximum absolute atomic E-state index is 12.2. The van der Waals surface area contributed by atoms with Crippen molar-refractivity contribution in [2.75, 3.05) is 0 Å². The quantitative estimate of drug-likeness (QED) is 0.483. The van der Waals surface area contributed by atoms with E-state index in [1.54, 1.807) is 60.7 Å². The number of hydrogen-bond donors (Lipinski definition) is 2. The van der Waals surface area contributed by atoms with Gasteiger partial charge in [-0.2, -0.15) is 4.21 Å². The highest BCUT2D eigenvalue weighted by Gasteiger charge is 2.25. The van der Waals surface area contributed by atoms with E-state index >= 15 is 0 Å². The van der Waals surface area contributed by atoms with Crippen LogP contribution in [0.15, 0.2) is 60.7 Å². The van der Waals surface area contributed by atoms with Crippen LogP contribution in [0, 0.1) is 0 Å². The van der Waals surface area contributed by atoms with Crippen LogP contribution in [0.5, 0.6) is 23.0 Å². The van der Waals surface area contributed by atoms with Gasteiger partial charge in [-0.15, -0.1) is 0 Å². The normalized spacial score (nSPS) is 13.5. The maximum Gasteiger partial charge on any atom is 0.417 e. The Labute approximate surface area is 150 Å². The fourth-order valence-corrected chi connectivity index (χ4v) is 4.02. The third-order valence-corrected chi connectivity index (χ3v) is 5.13. The first-order chi connectivity index (χ1) is 12.6. The standard InChI is InChI=1S/C20H12O5S/c21-13-3-5-15-11(9-13)1-7-17-19(15)20-16-6-4-14(22)10-12(16)2-8-18(20)25-26(23)24-17/h1-10,21-22H. The molecule has 0 saturated carbocycles. The lowest BCUT2D eigenvalue weighted by molar-refractivity contribution is 0.468. The van der Waals surface area contributed by atoms with Crippen molar-refractivity contribution in [3.05, 3.63) is 60.7 Å². The van der Waals surface area contributed by atoms with Gasteiger partial charge in [-0.1, -0.05) is 12.1 Å². The molecule has 1 heterocycles. The molecule has 0 bridgehead atoms. The number of phenolic OH excluding ortho intramolecular Hbond substituents is 2. The Morgan fingerprint density at radius 1 is 0.654 bits per heavy atom. The minimum atomic E-state index is -1.97. The second-order valence-corrected chi connectivity index (χ2v) is 6.80. The van der Waals surface area contributed by atoms with E-state index in [0.717, 1.165) is 32.7 Å². The highest BCUT2D eigenvalue weighted by molar-refractivity contribution is 7.76. The average Bonchev–Trinajstić information content (AvgIpc) is 2.76. The predicted octanol–water partition coefficient (Wildman–Crippen LogP) is 4.42. The summed E-state index contributed by atoms with van der Waals surface area (Å²) in [4.78, 5) is 0. The van der Waals surface area contributed by atoms with E-state index in [-0.39, 0.29) is 11.5 Å². The summed E-state index contributed by atoms with van der Waals surface area (Å²) in [6, 6.07) is 17.1. The Bertz CT molecular complexity index is 1140. The zero-order chi connectivity index (χ0) is 17.8. The topological polar surface area (TPSA) is 76.0 Å². The van der Waals surface area contributed by atoms with Gasteiger partial charge < -0.3 is 18.6 Å². The Kier molecular flexibility index (Phi) is 3.11. The summed E-state index contributed by atoms with van der Waals surface area (Å²) in [6.07, 6.45) is 0. The molecule has 0 aliphatic carbocycles. The van der Waals surface area contributed by atoms with Gasteiger partial charge in [0.15, 0.2) is 11.5 Å². The van der Waals surface area contributed by atoms with Gasteiger partial charge in [0.2, 0.25) is 0 Å². The van der Waals surface area contributed by atoms with Crippen molar-refractivity contribution < 1.29 is 22.8 Å². The average molecular weight is 364 g/mol. The van der Waals surface area contributed by atoms with Gasteiger partial charge >= 0.3 is 11.4 Å². The molecule has 5 rings (SSSR count). The summed E-state index contributed by atoms with van der Waals surface area (Å²) in [5, 5.41) is 22.9. The molecule has 4 aromatic carbocycles. The fraction of sp³-hybridized carbons (Fsp3) is 0. The molecular formula is C20H12O5S. The molecule has 0 fully saturated rings. The van der Waals surface area contributed by atoms with Gasteiger partial charge in [0, 0.05) is 11.1 Å². The SMILES string of the molecule is O=S1Oc2ccc3cc(O)ccc3c2-c2c(ccc3cc(O)ccc23)O1. The Balaban J connectivity index is 1.98. The number of rotatable bonds is 0. The molecule has 0 aromatic heterocycles. The second kappa shape index (κ2) is 5.37. The van der Waals surface area contributed by atoms with Gasteiger partial charge in [0.1, 0.15) is 11.5 Å². The van der Waals surface area contributed by atoms with Gasteiger partial charge in [-0.05, 0) is 70.1 Å². The first-order valence-corrected chi connectivity index (χ1v) is 8.90. The molecule has 0 spiro atoms. The third kappa shape index (κ3) is 2.19. The van der Waals surface area contributed by atoms with Gasteiger partial charge in [-0.3, -0.25) is 0 Å². The molecule has 1 aliphatic heterocycles. The monoisotopic (exact) mass is 364 g/mol. The number of phenols is 2. The van der Waals surface area contributed by atoms with Crippen molar-refractivity contribution in [2.45, 2.75) is 0 Å². The molecule has 26 heavy (non-hydrogen) atoms. The van der Waals surface area contributed by atoms with Gasteiger partial charge in [0.05, 0.1) is 0 Å². The summed E-state index contributed by atoms with van der Waals surface area (Å²) in [6.45, 7) is 0. The fourth-order valence-electron chi connectivity index (χ4n) is 3.41. The minimum Gasteiger partial charge on any atom is -0.508 e. The second-order valence-electron chi connectivity index (χ2n) is 6.06. The van der Waals surface area contributed by atoms with Crippen LogP contribution in [0.4, 0.5) is 0 Å². The van der Waals surface area contributed by atoms with E-state index in [1.165, 1.54) is 0 Å². The van der Waals surface area contributed by atoms with E-state index in [0.29, 0.717) is 11.5 Å². The first kappa shape index (κ1) is 15.0. The highest BCUT2D eigenvalue weighted by atomic mass is 32.2. The van der Waals surface area contributed by atoms with Crippen LogP contribution in [0.3, 0.4) is 0 Å². The number of hydrogen-bond acceptors (Lipinski definition) is 5. The van der Waals surface area contributed by atoms with E-state index in [4.69, 9.17) is 8.37 Å². The van der Waals surface area contributed by atoms with Gasteiger partial charge in [0.25, 0.3) is 0 Å². The van der Waals surface area contributed by atoms with E-state index in [2.05, 4.69) is 0 Å². The van der Waals surface area contributed by atoms with Crippen molar-refractivity contribution in [3.8, 4) is 34.1 Å². The largest absolute Gasteiger partial charge is 0.508 e. The minimum absolute atomic E-state index is 0.162. The maximum atomic E-state index is 12.2. The number of benzene rings is 4. The number of aromatic hydroxyl groups is 2. The summed E-state index contributed by atoms with van der Waals surface area (Å²) in [5.41, 5.74) is 1.47. The Morgan fingerprint density at radius 2 is 1.12 bits per heavy atom. The summed E-state index contributed by atoms with van der Waals surface area (Å²) in [7, 11) is 0. The van der Waals surface area contributed by atoms with Crippen LogP contribution in [0.1, 0.15) is 0 Å². The predicted molar refractivity (Wildman–Crippen MR) is 99.6 cm³/mol. The lowest BCUT2D eigenvalue weighted by atomic mass is 9.92. The molecule has 0 unspecified atom stereocenters. The molecule has 128 valence electrons. The lowest BCUT2D eigenvalue weighted by Gasteiger charge is -2.13. The molecule has 0 saturated heterocycles. The van der Waals surface area contributed by atoms with Crippen molar-refractivity contribution in [1.82, 2.24) is 0 Å². The molecule has 2 N–H and O–H groups in total.